The summed E-state index contributed by atoms with van der Waals surface area (Å²) in [7, 11) is 0. The largest absolute Gasteiger partial charge is 0.352 e. The Bertz CT molecular complexity index is 424. The van der Waals surface area contributed by atoms with Crippen molar-refractivity contribution in [2.75, 3.05) is 0 Å². The fraction of sp³-hybridized carbons (Fsp3) is 0.429. The van der Waals surface area contributed by atoms with Gasteiger partial charge in [0.2, 0.25) is 5.91 Å². The van der Waals surface area contributed by atoms with Crippen molar-refractivity contribution in [2.24, 2.45) is 0 Å². The number of hydrogen-bond acceptors (Lipinski definition) is 2. The molecule has 0 unspecified atom stereocenters. The highest BCUT2D eigenvalue weighted by Gasteiger charge is 2.05. The fourth-order valence-corrected chi connectivity index (χ4v) is 1.62. The topological polar surface area (TPSA) is 46.2 Å². The van der Waals surface area contributed by atoms with Crippen molar-refractivity contribution in [3.05, 3.63) is 34.9 Å². The molecule has 1 aromatic carbocycles. The van der Waals surface area contributed by atoms with Gasteiger partial charge in [-0.05, 0) is 37.5 Å². The van der Waals surface area contributed by atoms with Gasteiger partial charge in [0.1, 0.15) is 0 Å². The van der Waals surface area contributed by atoms with Gasteiger partial charge in [0.25, 0.3) is 0 Å². The third-order valence-corrected chi connectivity index (χ3v) is 2.70. The van der Waals surface area contributed by atoms with Crippen LogP contribution in [0.3, 0.4) is 0 Å². The number of nitrogens with one attached hydrogen (secondary N) is 1. The number of carbonyl (C=O) groups is 2. The SMILES string of the molecule is CCCC(=O)NCc1ccc(C(C)=O)cc1C. The summed E-state index contributed by atoms with van der Waals surface area (Å²) in [6, 6.07) is 5.57. The van der Waals surface area contributed by atoms with Crippen LogP contribution >= 0.6 is 0 Å². The summed E-state index contributed by atoms with van der Waals surface area (Å²) in [5.74, 6) is 0.136. The van der Waals surface area contributed by atoms with Crippen LogP contribution in [0.5, 0.6) is 0 Å². The second-order valence-corrected chi connectivity index (χ2v) is 4.22. The van der Waals surface area contributed by atoms with Gasteiger partial charge in [-0.2, -0.15) is 0 Å². The first-order chi connectivity index (χ1) is 8.04. The van der Waals surface area contributed by atoms with Gasteiger partial charge in [-0.15, -0.1) is 0 Å². The van der Waals surface area contributed by atoms with Crippen LogP contribution in [0, 0.1) is 6.92 Å². The van der Waals surface area contributed by atoms with Gasteiger partial charge in [0.15, 0.2) is 5.78 Å². The first kappa shape index (κ1) is 13.4. The Labute approximate surface area is 102 Å². The van der Waals surface area contributed by atoms with Gasteiger partial charge < -0.3 is 5.32 Å². The van der Waals surface area contributed by atoms with Crippen molar-refractivity contribution < 1.29 is 9.59 Å². The molecule has 17 heavy (non-hydrogen) atoms. The van der Waals surface area contributed by atoms with Crippen molar-refractivity contribution in [2.45, 2.75) is 40.2 Å². The number of benzene rings is 1. The molecule has 3 heteroatoms. The third kappa shape index (κ3) is 4.02. The van der Waals surface area contributed by atoms with E-state index >= 15 is 0 Å². The van der Waals surface area contributed by atoms with E-state index in [1.54, 1.807) is 13.0 Å². The first-order valence-corrected chi connectivity index (χ1v) is 5.91. The summed E-state index contributed by atoms with van der Waals surface area (Å²) in [4.78, 5) is 22.5. The normalized spacial score (nSPS) is 10.1. The molecule has 1 rings (SSSR count). The fourth-order valence-electron chi connectivity index (χ4n) is 1.62. The number of rotatable bonds is 5. The van der Waals surface area contributed by atoms with Crippen LogP contribution in [0.25, 0.3) is 0 Å². The summed E-state index contributed by atoms with van der Waals surface area (Å²) in [5.41, 5.74) is 2.81. The van der Waals surface area contributed by atoms with E-state index in [-0.39, 0.29) is 11.7 Å². The van der Waals surface area contributed by atoms with E-state index in [2.05, 4.69) is 5.32 Å². The molecule has 3 nitrogen and oxygen atoms in total. The molecule has 1 amide bonds. The Hall–Kier alpha value is -1.64. The molecule has 0 aromatic heterocycles. The maximum absolute atomic E-state index is 11.3. The molecule has 0 aliphatic rings. The maximum Gasteiger partial charge on any atom is 0.220 e. The minimum Gasteiger partial charge on any atom is -0.352 e. The number of hydrogen-bond donors (Lipinski definition) is 1. The Morgan fingerprint density at radius 3 is 2.53 bits per heavy atom. The van der Waals surface area contributed by atoms with Gasteiger partial charge in [0.05, 0.1) is 0 Å². The van der Waals surface area contributed by atoms with Crippen LogP contribution in [0.15, 0.2) is 18.2 Å². The number of Topliss-reactive ketones (excluding diaryl/α,β-unsaturated/α-hetero) is 1. The van der Waals surface area contributed by atoms with E-state index < -0.39 is 0 Å². The van der Waals surface area contributed by atoms with Crippen molar-refractivity contribution in [3.63, 3.8) is 0 Å². The predicted octanol–water partition coefficient (Wildman–Crippen LogP) is 2.61. The highest BCUT2D eigenvalue weighted by Crippen LogP contribution is 2.11. The third-order valence-electron chi connectivity index (χ3n) is 2.70. The van der Waals surface area contributed by atoms with Crippen LogP contribution in [0.4, 0.5) is 0 Å². The monoisotopic (exact) mass is 233 g/mol. The lowest BCUT2D eigenvalue weighted by molar-refractivity contribution is -0.121. The van der Waals surface area contributed by atoms with Crippen LogP contribution in [0.1, 0.15) is 48.2 Å². The molecule has 0 aliphatic heterocycles. The number of carbonyl (C=O) groups excluding carboxylic acids is 2. The van der Waals surface area contributed by atoms with E-state index in [1.807, 2.05) is 26.0 Å². The smallest absolute Gasteiger partial charge is 0.220 e. The Morgan fingerprint density at radius 1 is 1.29 bits per heavy atom. The molecule has 1 N–H and O–H groups in total. The van der Waals surface area contributed by atoms with Gasteiger partial charge >= 0.3 is 0 Å². The molecule has 1 aromatic rings. The lowest BCUT2D eigenvalue weighted by atomic mass is 10.0. The molecule has 0 bridgehead atoms. The van der Waals surface area contributed by atoms with E-state index in [9.17, 15) is 9.59 Å². The molecule has 0 aliphatic carbocycles. The van der Waals surface area contributed by atoms with Crippen LogP contribution in [-0.4, -0.2) is 11.7 Å². The van der Waals surface area contributed by atoms with Gasteiger partial charge in [-0.25, -0.2) is 0 Å². The van der Waals surface area contributed by atoms with E-state index in [0.717, 1.165) is 17.5 Å². The molecule has 0 saturated carbocycles. The quantitative estimate of drug-likeness (QED) is 0.795. The summed E-state index contributed by atoms with van der Waals surface area (Å²) in [6.07, 6.45) is 1.42. The molecule has 0 saturated heterocycles. The van der Waals surface area contributed by atoms with Gasteiger partial charge in [-0.1, -0.05) is 19.1 Å². The average Bonchev–Trinajstić information content (AvgIpc) is 2.27. The molecule has 0 atom stereocenters. The maximum atomic E-state index is 11.3. The molecular formula is C14H19NO2. The van der Waals surface area contributed by atoms with Crippen LogP contribution < -0.4 is 5.32 Å². The number of aryl methyl sites for hydroxylation is 1. The summed E-state index contributed by atoms with van der Waals surface area (Å²) in [5, 5.41) is 2.87. The first-order valence-electron chi connectivity index (χ1n) is 5.91. The minimum atomic E-state index is 0.0645. The average molecular weight is 233 g/mol. The van der Waals surface area contributed by atoms with Crippen molar-refractivity contribution >= 4 is 11.7 Å². The summed E-state index contributed by atoms with van der Waals surface area (Å²) >= 11 is 0. The lowest BCUT2D eigenvalue weighted by Gasteiger charge is -2.08. The molecule has 92 valence electrons. The van der Waals surface area contributed by atoms with E-state index in [1.165, 1.54) is 0 Å². The standard InChI is InChI=1S/C14H19NO2/c1-4-5-14(17)15-9-13-7-6-12(11(3)16)8-10(13)2/h6-8H,4-5,9H2,1-3H3,(H,15,17). The van der Waals surface area contributed by atoms with Crippen molar-refractivity contribution in [1.82, 2.24) is 5.32 Å². The van der Waals surface area contributed by atoms with Crippen molar-refractivity contribution in [1.29, 1.82) is 0 Å². The van der Waals surface area contributed by atoms with Gasteiger partial charge in [-0.3, -0.25) is 9.59 Å². The summed E-state index contributed by atoms with van der Waals surface area (Å²) in [6.45, 7) is 6.01. The molecule has 0 fully saturated rings. The number of amides is 1. The zero-order chi connectivity index (χ0) is 12.8. The Morgan fingerprint density at radius 2 is 2.00 bits per heavy atom. The van der Waals surface area contributed by atoms with E-state index in [0.29, 0.717) is 18.5 Å². The lowest BCUT2D eigenvalue weighted by Crippen LogP contribution is -2.22. The second-order valence-electron chi connectivity index (χ2n) is 4.22. The van der Waals surface area contributed by atoms with Gasteiger partial charge in [0, 0.05) is 18.5 Å². The molecular weight excluding hydrogens is 214 g/mol. The highest BCUT2D eigenvalue weighted by atomic mass is 16.1. The molecule has 0 radical (unpaired) electrons. The highest BCUT2D eigenvalue weighted by molar-refractivity contribution is 5.94. The van der Waals surface area contributed by atoms with Crippen molar-refractivity contribution in [3.8, 4) is 0 Å². The summed E-state index contributed by atoms with van der Waals surface area (Å²) < 4.78 is 0. The Balaban J connectivity index is 2.66. The van der Waals surface area contributed by atoms with Crippen LogP contribution in [0.2, 0.25) is 0 Å². The predicted molar refractivity (Wildman–Crippen MR) is 67.9 cm³/mol. The molecule has 0 spiro atoms. The molecule has 0 heterocycles. The zero-order valence-corrected chi connectivity index (χ0v) is 10.7. The van der Waals surface area contributed by atoms with E-state index in [4.69, 9.17) is 0 Å². The number of ketones is 1. The zero-order valence-electron chi connectivity index (χ0n) is 10.7. The minimum absolute atomic E-state index is 0.0645. The second kappa shape index (κ2) is 6.18. The van der Waals surface area contributed by atoms with Crippen LogP contribution in [-0.2, 0) is 11.3 Å². The Kier molecular flexibility index (Phi) is 4.88.